The minimum absolute atomic E-state index is 0.436. The summed E-state index contributed by atoms with van der Waals surface area (Å²) in [4.78, 5) is 2.06. The summed E-state index contributed by atoms with van der Waals surface area (Å²) in [5.41, 5.74) is 2.23. The molecular formula is C21H28N2O2. The summed E-state index contributed by atoms with van der Waals surface area (Å²) in [7, 11) is 0. The van der Waals surface area contributed by atoms with E-state index in [-0.39, 0.29) is 0 Å². The molecule has 0 saturated carbocycles. The molecule has 4 heteroatoms. The average molecular weight is 340 g/mol. The van der Waals surface area contributed by atoms with E-state index in [0.29, 0.717) is 12.5 Å². The lowest BCUT2D eigenvalue weighted by molar-refractivity contribution is -0.201. The molecule has 3 rings (SSSR count). The van der Waals surface area contributed by atoms with Crippen LogP contribution in [-0.4, -0.2) is 36.1 Å². The van der Waals surface area contributed by atoms with Crippen molar-refractivity contribution in [3.05, 3.63) is 66.2 Å². The van der Waals surface area contributed by atoms with Crippen LogP contribution in [0.2, 0.25) is 0 Å². The molecule has 1 aliphatic rings. The topological polar surface area (TPSA) is 44.7 Å². The molecule has 2 aromatic rings. The fourth-order valence-corrected chi connectivity index (χ4v) is 3.30. The van der Waals surface area contributed by atoms with Gasteiger partial charge in [0.2, 0.25) is 6.41 Å². The van der Waals surface area contributed by atoms with Gasteiger partial charge in [-0.2, -0.15) is 0 Å². The van der Waals surface area contributed by atoms with Gasteiger partial charge in [-0.3, -0.25) is 4.90 Å². The number of anilines is 1. The average Bonchev–Trinajstić information content (AvgIpc) is 2.92. The van der Waals surface area contributed by atoms with Crippen molar-refractivity contribution >= 4 is 5.69 Å². The third kappa shape index (κ3) is 5.85. The molecule has 134 valence electrons. The van der Waals surface area contributed by atoms with Gasteiger partial charge in [-0.15, -0.1) is 0 Å². The molecule has 1 fully saturated rings. The second-order valence-electron chi connectivity index (χ2n) is 6.73. The molecule has 4 nitrogen and oxygen atoms in total. The van der Waals surface area contributed by atoms with Crippen molar-refractivity contribution in [1.82, 2.24) is 4.90 Å². The fourth-order valence-electron chi connectivity index (χ4n) is 3.30. The second kappa shape index (κ2) is 9.56. The monoisotopic (exact) mass is 340 g/mol. The molecule has 1 heterocycles. The minimum Gasteiger partial charge on any atom is -0.385 e. The minimum atomic E-state index is -0.836. The van der Waals surface area contributed by atoms with E-state index >= 15 is 0 Å². The lowest BCUT2D eigenvalue weighted by atomic mass is 10.0. The van der Waals surface area contributed by atoms with Crippen molar-refractivity contribution in [3.8, 4) is 0 Å². The van der Waals surface area contributed by atoms with E-state index in [1.807, 2.05) is 48.5 Å². The van der Waals surface area contributed by atoms with Crippen molar-refractivity contribution < 1.29 is 9.84 Å². The predicted octanol–water partition coefficient (Wildman–Crippen LogP) is 3.69. The second-order valence-corrected chi connectivity index (χ2v) is 6.73. The van der Waals surface area contributed by atoms with E-state index in [0.717, 1.165) is 37.3 Å². The highest BCUT2D eigenvalue weighted by Gasteiger charge is 2.23. The van der Waals surface area contributed by atoms with E-state index in [4.69, 9.17) is 4.74 Å². The van der Waals surface area contributed by atoms with Crippen LogP contribution < -0.4 is 5.32 Å². The zero-order chi connectivity index (χ0) is 17.3. The van der Waals surface area contributed by atoms with Gasteiger partial charge >= 0.3 is 0 Å². The number of aliphatic hydroxyl groups is 1. The van der Waals surface area contributed by atoms with Gasteiger partial charge < -0.3 is 15.2 Å². The molecule has 1 saturated heterocycles. The number of ether oxygens (including phenoxy) is 1. The lowest BCUT2D eigenvalue weighted by Crippen LogP contribution is -2.41. The zero-order valence-corrected chi connectivity index (χ0v) is 14.7. The van der Waals surface area contributed by atoms with Crippen LogP contribution in [-0.2, 0) is 11.3 Å². The van der Waals surface area contributed by atoms with E-state index in [9.17, 15) is 5.11 Å². The third-order valence-electron chi connectivity index (χ3n) is 4.72. The van der Waals surface area contributed by atoms with E-state index in [2.05, 4.69) is 22.3 Å². The number of hydrogen-bond acceptors (Lipinski definition) is 4. The molecule has 2 atom stereocenters. The van der Waals surface area contributed by atoms with Gasteiger partial charge in [-0.1, -0.05) is 55.0 Å². The smallest absolute Gasteiger partial charge is 0.216 e. The van der Waals surface area contributed by atoms with Crippen molar-refractivity contribution in [2.45, 2.75) is 32.3 Å². The van der Waals surface area contributed by atoms with Crippen LogP contribution in [0.1, 0.15) is 24.8 Å². The normalized spacial score (nSPS) is 20.0. The maximum absolute atomic E-state index is 10.4. The summed E-state index contributed by atoms with van der Waals surface area (Å²) >= 11 is 0. The van der Waals surface area contributed by atoms with Crippen molar-refractivity contribution in [2.24, 2.45) is 5.92 Å². The van der Waals surface area contributed by atoms with Gasteiger partial charge in [0.25, 0.3) is 0 Å². The van der Waals surface area contributed by atoms with Crippen LogP contribution in [0.5, 0.6) is 0 Å². The van der Waals surface area contributed by atoms with Crippen LogP contribution in [0.4, 0.5) is 5.69 Å². The Kier molecular flexibility index (Phi) is 6.86. The van der Waals surface area contributed by atoms with Crippen LogP contribution in [0, 0.1) is 5.92 Å². The first-order valence-corrected chi connectivity index (χ1v) is 9.18. The molecule has 25 heavy (non-hydrogen) atoms. The van der Waals surface area contributed by atoms with Crippen molar-refractivity contribution in [2.75, 3.05) is 25.0 Å². The Hall–Kier alpha value is -1.88. The van der Waals surface area contributed by atoms with E-state index in [1.165, 1.54) is 12.8 Å². The lowest BCUT2D eigenvalue weighted by Gasteiger charge is -2.29. The van der Waals surface area contributed by atoms with Gasteiger partial charge in [0.1, 0.15) is 0 Å². The van der Waals surface area contributed by atoms with Crippen molar-refractivity contribution in [3.63, 3.8) is 0 Å². The molecule has 0 bridgehead atoms. The summed E-state index contributed by atoms with van der Waals surface area (Å²) < 4.78 is 5.70. The Bertz CT molecular complexity index is 606. The van der Waals surface area contributed by atoms with E-state index in [1.54, 1.807) is 0 Å². The van der Waals surface area contributed by atoms with Crippen LogP contribution >= 0.6 is 0 Å². The maximum Gasteiger partial charge on any atom is 0.216 e. The number of aliphatic hydroxyl groups excluding tert-OH is 1. The largest absolute Gasteiger partial charge is 0.385 e. The SMILES string of the molecule is OC(OCc1ccccc1)N1CCCCC(CNc2ccccc2)C1. The number of likely N-dealkylation sites (tertiary alicyclic amines) is 1. The third-order valence-corrected chi connectivity index (χ3v) is 4.72. The van der Waals surface area contributed by atoms with Gasteiger partial charge in [0, 0.05) is 25.3 Å². The summed E-state index contributed by atoms with van der Waals surface area (Å²) in [5.74, 6) is 0.512. The maximum atomic E-state index is 10.4. The Labute approximate surface area is 150 Å². The van der Waals surface area contributed by atoms with Gasteiger partial charge in [0.05, 0.1) is 6.61 Å². The quantitative estimate of drug-likeness (QED) is 0.755. The highest BCUT2D eigenvalue weighted by atomic mass is 16.6. The number of hydrogen-bond donors (Lipinski definition) is 2. The van der Waals surface area contributed by atoms with Gasteiger partial charge in [-0.05, 0) is 36.5 Å². The summed E-state index contributed by atoms with van der Waals surface area (Å²) in [6, 6.07) is 20.3. The van der Waals surface area contributed by atoms with E-state index < -0.39 is 6.41 Å². The number of benzene rings is 2. The Balaban J connectivity index is 1.48. The van der Waals surface area contributed by atoms with Gasteiger partial charge in [-0.25, -0.2) is 0 Å². The molecule has 2 unspecified atom stereocenters. The van der Waals surface area contributed by atoms with Crippen LogP contribution in [0.25, 0.3) is 0 Å². The molecule has 0 radical (unpaired) electrons. The molecule has 0 spiro atoms. The molecule has 0 aliphatic carbocycles. The zero-order valence-electron chi connectivity index (χ0n) is 14.7. The number of nitrogens with one attached hydrogen (secondary N) is 1. The molecule has 2 N–H and O–H groups in total. The van der Waals surface area contributed by atoms with Crippen LogP contribution in [0.3, 0.4) is 0 Å². The Morgan fingerprint density at radius 1 is 1.04 bits per heavy atom. The fraction of sp³-hybridized carbons (Fsp3) is 0.429. The summed E-state index contributed by atoms with van der Waals surface area (Å²) in [6.45, 7) is 3.10. The molecule has 1 aliphatic heterocycles. The Morgan fingerprint density at radius 2 is 1.76 bits per heavy atom. The molecule has 2 aromatic carbocycles. The Morgan fingerprint density at radius 3 is 2.52 bits per heavy atom. The molecular weight excluding hydrogens is 312 g/mol. The highest BCUT2D eigenvalue weighted by Crippen LogP contribution is 2.19. The standard InChI is InChI=1S/C21H28N2O2/c24-21(25-17-18-9-3-1-4-10-18)23-14-8-7-11-19(16-23)15-22-20-12-5-2-6-13-20/h1-6,9-10,12-13,19,21-22,24H,7-8,11,14-17H2. The molecule has 0 amide bonds. The number of rotatable bonds is 7. The highest BCUT2D eigenvalue weighted by molar-refractivity contribution is 5.42. The molecule has 0 aromatic heterocycles. The first kappa shape index (κ1) is 17.9. The summed E-state index contributed by atoms with van der Waals surface area (Å²) in [6.07, 6.45) is 2.65. The first-order chi connectivity index (χ1) is 12.3. The van der Waals surface area contributed by atoms with Crippen LogP contribution in [0.15, 0.2) is 60.7 Å². The summed E-state index contributed by atoms with van der Waals surface area (Å²) in [5, 5.41) is 14.0. The van der Waals surface area contributed by atoms with Crippen molar-refractivity contribution in [1.29, 1.82) is 0 Å². The first-order valence-electron chi connectivity index (χ1n) is 9.18. The van der Waals surface area contributed by atoms with Gasteiger partial charge in [0.15, 0.2) is 0 Å². The predicted molar refractivity (Wildman–Crippen MR) is 101 cm³/mol. The number of para-hydroxylation sites is 1. The number of nitrogens with zero attached hydrogens (tertiary/aromatic N) is 1.